The lowest BCUT2D eigenvalue weighted by atomic mass is 10.1. The Kier molecular flexibility index (Phi) is 4.75. The molecule has 1 aliphatic heterocycles. The summed E-state index contributed by atoms with van der Waals surface area (Å²) in [7, 11) is 0. The SMILES string of the molecule is CC(=O)SCCC(=O)N1c2ccccc2CC1(C)OC(=O)O. The van der Waals surface area contributed by atoms with Gasteiger partial charge in [0.05, 0.1) is 5.69 Å². The van der Waals surface area contributed by atoms with E-state index >= 15 is 0 Å². The van der Waals surface area contributed by atoms with Gasteiger partial charge >= 0.3 is 6.16 Å². The molecule has 22 heavy (non-hydrogen) atoms. The van der Waals surface area contributed by atoms with Gasteiger partial charge in [0, 0.05) is 25.5 Å². The third-order valence-corrected chi connectivity index (χ3v) is 4.22. The number of hydrogen-bond acceptors (Lipinski definition) is 5. The lowest BCUT2D eigenvalue weighted by Gasteiger charge is -2.33. The van der Waals surface area contributed by atoms with Crippen LogP contribution in [0.4, 0.5) is 10.5 Å². The van der Waals surface area contributed by atoms with Crippen molar-refractivity contribution in [1.29, 1.82) is 0 Å². The first kappa shape index (κ1) is 16.4. The summed E-state index contributed by atoms with van der Waals surface area (Å²) in [6.45, 7) is 3.02. The zero-order valence-corrected chi connectivity index (χ0v) is 13.2. The smallest absolute Gasteiger partial charge is 0.450 e. The predicted molar refractivity (Wildman–Crippen MR) is 82.9 cm³/mol. The van der Waals surface area contributed by atoms with Crippen molar-refractivity contribution in [2.75, 3.05) is 10.7 Å². The lowest BCUT2D eigenvalue weighted by molar-refractivity contribution is -0.122. The minimum absolute atomic E-state index is 0.0563. The van der Waals surface area contributed by atoms with Crippen LogP contribution in [-0.4, -0.2) is 33.8 Å². The molecule has 7 heteroatoms. The topological polar surface area (TPSA) is 83.9 Å². The second kappa shape index (κ2) is 6.39. The van der Waals surface area contributed by atoms with Gasteiger partial charge in [0.1, 0.15) is 0 Å². The number of benzene rings is 1. The van der Waals surface area contributed by atoms with Crippen LogP contribution in [0.15, 0.2) is 24.3 Å². The second-order valence-corrected chi connectivity index (χ2v) is 6.44. The standard InChI is InChI=1S/C15H17NO5S/c1-10(17)22-8-7-13(18)16-12-6-4-3-5-11(12)9-15(16,2)21-14(19)20/h3-6H,7-9H2,1-2H3,(H,19,20). The maximum atomic E-state index is 12.5. The molecule has 6 nitrogen and oxygen atoms in total. The summed E-state index contributed by atoms with van der Waals surface area (Å²) in [5, 5.41) is 8.90. The molecule has 0 spiro atoms. The zero-order valence-electron chi connectivity index (χ0n) is 12.4. The quantitative estimate of drug-likeness (QED) is 0.858. The average Bonchev–Trinajstić information content (AvgIpc) is 2.68. The molecular formula is C15H17NO5S. The van der Waals surface area contributed by atoms with Crippen LogP contribution in [0.3, 0.4) is 0 Å². The van der Waals surface area contributed by atoms with Gasteiger partial charge < -0.3 is 9.84 Å². The number of fused-ring (bicyclic) bond motifs is 1. The Morgan fingerprint density at radius 3 is 2.68 bits per heavy atom. The van der Waals surface area contributed by atoms with Gasteiger partial charge in [-0.2, -0.15) is 0 Å². The van der Waals surface area contributed by atoms with Gasteiger partial charge in [0.15, 0.2) is 10.8 Å². The summed E-state index contributed by atoms with van der Waals surface area (Å²) < 4.78 is 4.99. The van der Waals surface area contributed by atoms with E-state index in [1.54, 1.807) is 19.1 Å². The van der Waals surface area contributed by atoms with Crippen molar-refractivity contribution >= 4 is 34.6 Å². The van der Waals surface area contributed by atoms with Gasteiger partial charge in [-0.3, -0.25) is 14.5 Å². The summed E-state index contributed by atoms with van der Waals surface area (Å²) in [6, 6.07) is 7.23. The molecule has 1 heterocycles. The highest BCUT2D eigenvalue weighted by atomic mass is 32.2. The van der Waals surface area contributed by atoms with E-state index in [9.17, 15) is 14.4 Å². The van der Waals surface area contributed by atoms with Gasteiger partial charge in [-0.25, -0.2) is 4.79 Å². The Labute approximate surface area is 132 Å². The molecule has 1 aromatic carbocycles. The number of carbonyl (C=O) groups is 3. The molecular weight excluding hydrogens is 306 g/mol. The number of ether oxygens (including phenoxy) is 1. The highest BCUT2D eigenvalue weighted by molar-refractivity contribution is 8.13. The zero-order chi connectivity index (χ0) is 16.3. The largest absolute Gasteiger partial charge is 0.507 e. The summed E-state index contributed by atoms with van der Waals surface area (Å²) in [5.41, 5.74) is 0.260. The molecule has 2 rings (SSSR count). The summed E-state index contributed by atoms with van der Waals surface area (Å²) >= 11 is 1.07. The van der Waals surface area contributed by atoms with E-state index in [1.165, 1.54) is 11.8 Å². The summed E-state index contributed by atoms with van der Waals surface area (Å²) in [4.78, 5) is 35.8. The van der Waals surface area contributed by atoms with Crippen LogP contribution in [0.25, 0.3) is 0 Å². The van der Waals surface area contributed by atoms with E-state index in [2.05, 4.69) is 0 Å². The minimum Gasteiger partial charge on any atom is -0.450 e. The van der Waals surface area contributed by atoms with Crippen LogP contribution in [0.1, 0.15) is 25.8 Å². The van der Waals surface area contributed by atoms with Crippen LogP contribution in [0.2, 0.25) is 0 Å². The predicted octanol–water partition coefficient (Wildman–Crippen LogP) is 2.66. The molecule has 0 aliphatic carbocycles. The molecule has 0 aromatic heterocycles. The van der Waals surface area contributed by atoms with Crippen molar-refractivity contribution < 1.29 is 24.2 Å². The van der Waals surface area contributed by atoms with Gasteiger partial charge in [0.2, 0.25) is 5.91 Å². The first-order chi connectivity index (χ1) is 10.3. The van der Waals surface area contributed by atoms with Crippen molar-refractivity contribution in [1.82, 2.24) is 0 Å². The molecule has 118 valence electrons. The van der Waals surface area contributed by atoms with Crippen LogP contribution in [0.5, 0.6) is 0 Å². The molecule has 1 aliphatic rings. The maximum absolute atomic E-state index is 12.5. The van der Waals surface area contributed by atoms with E-state index < -0.39 is 11.9 Å². The average molecular weight is 323 g/mol. The number of carbonyl (C=O) groups excluding carboxylic acids is 2. The van der Waals surface area contributed by atoms with E-state index in [-0.39, 0.29) is 17.4 Å². The highest BCUT2D eigenvalue weighted by Gasteiger charge is 2.46. The lowest BCUT2D eigenvalue weighted by Crippen LogP contribution is -2.51. The molecule has 1 atom stereocenters. The maximum Gasteiger partial charge on any atom is 0.507 e. The third-order valence-electron chi connectivity index (χ3n) is 3.40. The number of hydrogen-bond donors (Lipinski definition) is 1. The van der Waals surface area contributed by atoms with Crippen LogP contribution in [0, 0.1) is 0 Å². The molecule has 1 unspecified atom stereocenters. The van der Waals surface area contributed by atoms with Crippen LogP contribution in [-0.2, 0) is 20.7 Å². The molecule has 1 aromatic rings. The van der Waals surface area contributed by atoms with E-state index in [0.29, 0.717) is 17.9 Å². The second-order valence-electron chi connectivity index (χ2n) is 5.17. The number of rotatable bonds is 4. The van der Waals surface area contributed by atoms with Gasteiger partial charge in [-0.1, -0.05) is 30.0 Å². The van der Waals surface area contributed by atoms with E-state index in [1.807, 2.05) is 12.1 Å². The number of nitrogens with zero attached hydrogens (tertiary/aromatic N) is 1. The van der Waals surface area contributed by atoms with Crippen molar-refractivity contribution in [3.05, 3.63) is 29.8 Å². The third kappa shape index (κ3) is 3.41. The molecule has 0 saturated heterocycles. The number of anilines is 1. The first-order valence-corrected chi connectivity index (χ1v) is 7.78. The van der Waals surface area contributed by atoms with Crippen molar-refractivity contribution in [2.24, 2.45) is 0 Å². The van der Waals surface area contributed by atoms with Crippen molar-refractivity contribution in [3.8, 4) is 0 Å². The Morgan fingerprint density at radius 2 is 2.05 bits per heavy atom. The van der Waals surface area contributed by atoms with Gasteiger partial charge in [-0.15, -0.1) is 0 Å². The van der Waals surface area contributed by atoms with Crippen molar-refractivity contribution in [3.63, 3.8) is 0 Å². The number of carboxylic acid groups (broad SMARTS) is 1. The van der Waals surface area contributed by atoms with Crippen LogP contribution >= 0.6 is 11.8 Å². The Balaban J connectivity index is 2.24. The highest BCUT2D eigenvalue weighted by Crippen LogP contribution is 2.40. The minimum atomic E-state index is -1.42. The summed E-state index contributed by atoms with van der Waals surface area (Å²) in [5.74, 6) is 0.0955. The van der Waals surface area contributed by atoms with Crippen LogP contribution < -0.4 is 4.90 Å². The monoisotopic (exact) mass is 323 g/mol. The Morgan fingerprint density at radius 1 is 1.36 bits per heavy atom. The fourth-order valence-electron chi connectivity index (χ4n) is 2.63. The number of para-hydroxylation sites is 1. The normalized spacial score (nSPS) is 19.6. The molecule has 0 radical (unpaired) electrons. The fourth-order valence-corrected chi connectivity index (χ4v) is 3.19. The van der Waals surface area contributed by atoms with Gasteiger partial charge in [0.25, 0.3) is 0 Å². The fraction of sp³-hybridized carbons (Fsp3) is 0.400. The Hall–Kier alpha value is -2.02. The molecule has 1 amide bonds. The molecule has 1 N–H and O–H groups in total. The molecule has 0 fully saturated rings. The number of amides is 1. The van der Waals surface area contributed by atoms with Gasteiger partial charge in [-0.05, 0) is 18.6 Å². The summed E-state index contributed by atoms with van der Waals surface area (Å²) in [6.07, 6.45) is -0.982. The van der Waals surface area contributed by atoms with Crippen molar-refractivity contribution in [2.45, 2.75) is 32.4 Å². The number of thioether (sulfide) groups is 1. The Bertz CT molecular complexity index is 618. The molecule has 0 bridgehead atoms. The van der Waals surface area contributed by atoms with E-state index in [4.69, 9.17) is 9.84 Å². The van der Waals surface area contributed by atoms with E-state index in [0.717, 1.165) is 17.3 Å². The first-order valence-electron chi connectivity index (χ1n) is 6.80. The molecule has 0 saturated carbocycles.